The van der Waals surface area contributed by atoms with E-state index in [0.717, 1.165) is 0 Å². The molecule has 0 aliphatic rings. The zero-order valence-electron chi connectivity index (χ0n) is 13.7. The van der Waals surface area contributed by atoms with E-state index in [1.807, 2.05) is 0 Å². The van der Waals surface area contributed by atoms with Crippen LogP contribution in [-0.4, -0.2) is 21.8 Å². The number of carbonyl (C=O) groups excluding carboxylic acids is 2. The van der Waals surface area contributed by atoms with Gasteiger partial charge in [0.05, 0.1) is 16.8 Å². The molecule has 0 radical (unpaired) electrons. The molecule has 0 saturated heterocycles. The number of hydrogen-bond donors (Lipinski definition) is 5. The molecule has 10 nitrogen and oxygen atoms in total. The second-order valence-corrected chi connectivity index (χ2v) is 5.51. The number of hydrazine groups is 2. The maximum Gasteiger partial charge on any atom is 0.305 e. The number of halogens is 1. The Morgan fingerprint density at radius 1 is 0.963 bits per heavy atom. The Bertz CT molecular complexity index is 962. The molecule has 27 heavy (non-hydrogen) atoms. The van der Waals surface area contributed by atoms with Gasteiger partial charge >= 0.3 is 5.91 Å². The smallest absolute Gasteiger partial charge is 0.305 e. The van der Waals surface area contributed by atoms with Crippen LogP contribution in [0.5, 0.6) is 0 Å². The van der Waals surface area contributed by atoms with Crippen molar-refractivity contribution in [2.75, 3.05) is 16.6 Å². The number of nitrogens with two attached hydrogens (primary N) is 1. The second kappa shape index (κ2) is 8.06. The highest BCUT2D eigenvalue weighted by molar-refractivity contribution is 6.33. The standard InChI is InChI=1S/C16H14ClN7O3/c17-10-5-2-1-4-9(10)15(25)23-21-13-12(18)14(20-8-19-13)22-24-16(26)11-6-3-7-27-11/h1-8H,18H2,(H,23,25)(H,24,26)(H2,19,20,21,22). The van der Waals surface area contributed by atoms with Crippen molar-refractivity contribution in [1.29, 1.82) is 0 Å². The van der Waals surface area contributed by atoms with E-state index in [4.69, 9.17) is 21.8 Å². The molecular weight excluding hydrogens is 374 g/mol. The van der Waals surface area contributed by atoms with Crippen LogP contribution < -0.4 is 27.4 Å². The van der Waals surface area contributed by atoms with E-state index in [-0.39, 0.29) is 28.6 Å². The van der Waals surface area contributed by atoms with Crippen molar-refractivity contribution in [2.45, 2.75) is 0 Å². The molecule has 3 aromatic rings. The fourth-order valence-corrected chi connectivity index (χ4v) is 2.23. The number of hydrogen-bond acceptors (Lipinski definition) is 8. The van der Waals surface area contributed by atoms with Crippen LogP contribution in [0.3, 0.4) is 0 Å². The number of amides is 2. The SMILES string of the molecule is Nc1c(NNC(=O)c2ccco2)ncnc1NNC(=O)c1ccccc1Cl. The fourth-order valence-electron chi connectivity index (χ4n) is 2.01. The first-order valence-electron chi connectivity index (χ1n) is 7.57. The van der Waals surface area contributed by atoms with Gasteiger partial charge in [-0.15, -0.1) is 0 Å². The number of nitrogens with one attached hydrogen (secondary N) is 4. The number of aromatic nitrogens is 2. The Labute approximate surface area is 158 Å². The zero-order chi connectivity index (χ0) is 19.2. The summed E-state index contributed by atoms with van der Waals surface area (Å²) in [6.07, 6.45) is 2.57. The Balaban J connectivity index is 1.63. The number of nitrogens with zero attached hydrogens (tertiary/aromatic N) is 2. The van der Waals surface area contributed by atoms with Crippen LogP contribution in [0.25, 0.3) is 0 Å². The number of nitrogen functional groups attached to an aromatic ring is 1. The largest absolute Gasteiger partial charge is 0.459 e. The van der Waals surface area contributed by atoms with E-state index >= 15 is 0 Å². The van der Waals surface area contributed by atoms with Crippen LogP contribution in [0.2, 0.25) is 5.02 Å². The first kappa shape index (κ1) is 18.0. The minimum atomic E-state index is -0.514. The summed E-state index contributed by atoms with van der Waals surface area (Å²) in [6.45, 7) is 0. The molecule has 0 spiro atoms. The van der Waals surface area contributed by atoms with Crippen molar-refractivity contribution < 1.29 is 14.0 Å². The molecule has 2 amide bonds. The summed E-state index contributed by atoms with van der Waals surface area (Å²) in [5.74, 6) is -0.626. The fraction of sp³-hybridized carbons (Fsp3) is 0. The van der Waals surface area contributed by atoms with Gasteiger partial charge in [0, 0.05) is 0 Å². The summed E-state index contributed by atoms with van der Waals surface area (Å²) in [4.78, 5) is 31.9. The van der Waals surface area contributed by atoms with Gasteiger partial charge in [0.15, 0.2) is 17.4 Å². The molecule has 6 N–H and O–H groups in total. The quantitative estimate of drug-likeness (QED) is 0.402. The summed E-state index contributed by atoms with van der Waals surface area (Å²) in [6, 6.07) is 9.64. The van der Waals surface area contributed by atoms with Gasteiger partial charge in [-0.05, 0) is 24.3 Å². The molecular formula is C16H14ClN7O3. The van der Waals surface area contributed by atoms with Crippen molar-refractivity contribution in [1.82, 2.24) is 20.8 Å². The van der Waals surface area contributed by atoms with Crippen molar-refractivity contribution in [3.05, 3.63) is 65.3 Å². The summed E-state index contributed by atoms with van der Waals surface area (Å²) < 4.78 is 4.97. The maximum absolute atomic E-state index is 12.2. The Kier molecular flexibility index (Phi) is 5.38. The Hall–Kier alpha value is -3.79. The van der Waals surface area contributed by atoms with Gasteiger partial charge in [-0.3, -0.25) is 31.3 Å². The van der Waals surface area contributed by atoms with Crippen molar-refractivity contribution in [2.24, 2.45) is 0 Å². The minimum absolute atomic E-state index is 0.0664. The highest BCUT2D eigenvalue weighted by atomic mass is 35.5. The predicted molar refractivity (Wildman–Crippen MR) is 98.8 cm³/mol. The molecule has 0 aliphatic heterocycles. The molecule has 2 heterocycles. The monoisotopic (exact) mass is 387 g/mol. The molecule has 2 aromatic heterocycles. The number of benzene rings is 1. The van der Waals surface area contributed by atoms with Gasteiger partial charge in [0.1, 0.15) is 12.0 Å². The summed E-state index contributed by atoms with van der Waals surface area (Å²) in [7, 11) is 0. The molecule has 0 unspecified atom stereocenters. The summed E-state index contributed by atoms with van der Waals surface area (Å²) >= 11 is 5.97. The van der Waals surface area contributed by atoms with E-state index in [1.54, 1.807) is 30.3 Å². The molecule has 3 rings (SSSR count). The Morgan fingerprint density at radius 2 is 1.63 bits per heavy atom. The molecule has 0 fully saturated rings. The molecule has 0 aliphatic carbocycles. The van der Waals surface area contributed by atoms with Gasteiger partial charge in [-0.1, -0.05) is 23.7 Å². The third kappa shape index (κ3) is 4.25. The van der Waals surface area contributed by atoms with Crippen LogP contribution >= 0.6 is 11.6 Å². The molecule has 0 bridgehead atoms. The lowest BCUT2D eigenvalue weighted by molar-refractivity contribution is 0.0933. The highest BCUT2D eigenvalue weighted by Gasteiger charge is 2.13. The van der Waals surface area contributed by atoms with E-state index in [2.05, 4.69) is 31.7 Å². The third-order valence-electron chi connectivity index (χ3n) is 3.34. The maximum atomic E-state index is 12.2. The van der Waals surface area contributed by atoms with Crippen molar-refractivity contribution >= 4 is 40.7 Å². The molecule has 0 saturated carbocycles. The van der Waals surface area contributed by atoms with Crippen molar-refractivity contribution in [3.8, 4) is 0 Å². The van der Waals surface area contributed by atoms with Crippen LogP contribution in [0.1, 0.15) is 20.9 Å². The molecule has 11 heteroatoms. The van der Waals surface area contributed by atoms with Crippen LogP contribution in [-0.2, 0) is 0 Å². The number of carbonyl (C=O) groups is 2. The normalized spacial score (nSPS) is 10.1. The van der Waals surface area contributed by atoms with Crippen LogP contribution in [0.4, 0.5) is 17.3 Å². The molecule has 0 atom stereocenters. The van der Waals surface area contributed by atoms with E-state index < -0.39 is 11.8 Å². The van der Waals surface area contributed by atoms with Gasteiger partial charge in [0.25, 0.3) is 5.91 Å². The van der Waals surface area contributed by atoms with E-state index in [1.165, 1.54) is 18.7 Å². The van der Waals surface area contributed by atoms with E-state index in [9.17, 15) is 9.59 Å². The number of rotatable bonds is 6. The lowest BCUT2D eigenvalue weighted by Crippen LogP contribution is -2.32. The first-order valence-corrected chi connectivity index (χ1v) is 7.95. The Morgan fingerprint density at radius 3 is 2.26 bits per heavy atom. The summed E-state index contributed by atoms with van der Waals surface area (Å²) in [5, 5.41) is 0.301. The van der Waals surface area contributed by atoms with E-state index in [0.29, 0.717) is 5.02 Å². The lowest BCUT2D eigenvalue weighted by Gasteiger charge is -2.13. The number of anilines is 3. The zero-order valence-corrected chi connectivity index (χ0v) is 14.4. The van der Waals surface area contributed by atoms with Gasteiger partial charge < -0.3 is 10.2 Å². The third-order valence-corrected chi connectivity index (χ3v) is 3.67. The van der Waals surface area contributed by atoms with Crippen molar-refractivity contribution in [3.63, 3.8) is 0 Å². The van der Waals surface area contributed by atoms with Gasteiger partial charge in [-0.25, -0.2) is 9.97 Å². The average Bonchev–Trinajstić information content (AvgIpc) is 3.21. The highest BCUT2D eigenvalue weighted by Crippen LogP contribution is 2.21. The van der Waals surface area contributed by atoms with Crippen LogP contribution in [0, 0.1) is 0 Å². The first-order chi connectivity index (χ1) is 13.1. The molecule has 138 valence electrons. The minimum Gasteiger partial charge on any atom is -0.459 e. The van der Waals surface area contributed by atoms with Gasteiger partial charge in [-0.2, -0.15) is 0 Å². The molecule has 1 aromatic carbocycles. The average molecular weight is 388 g/mol. The lowest BCUT2D eigenvalue weighted by atomic mass is 10.2. The van der Waals surface area contributed by atoms with Gasteiger partial charge in [0.2, 0.25) is 0 Å². The topological polar surface area (TPSA) is 147 Å². The second-order valence-electron chi connectivity index (χ2n) is 5.10. The predicted octanol–water partition coefficient (Wildman–Crippen LogP) is 1.82. The summed E-state index contributed by atoms with van der Waals surface area (Å²) in [5.41, 5.74) is 16.3. The number of furan rings is 1. The van der Waals surface area contributed by atoms with Crippen LogP contribution in [0.15, 0.2) is 53.4 Å².